The van der Waals surface area contributed by atoms with Gasteiger partial charge in [0.15, 0.2) is 5.82 Å². The zero-order valence-electron chi connectivity index (χ0n) is 7.32. The molecule has 0 unspecified atom stereocenters. The summed E-state index contributed by atoms with van der Waals surface area (Å²) in [6.45, 7) is 0.811. The summed E-state index contributed by atoms with van der Waals surface area (Å²) in [6, 6.07) is 0.716. The summed E-state index contributed by atoms with van der Waals surface area (Å²) in [7, 11) is 1.89. The monoisotopic (exact) mass is 166 g/mol. The number of nitrogens with zero attached hydrogens (tertiary/aromatic N) is 3. The first-order valence-corrected chi connectivity index (χ1v) is 4.42. The molecular weight excluding hydrogens is 152 g/mol. The summed E-state index contributed by atoms with van der Waals surface area (Å²) in [5, 5.41) is 7.59. The van der Waals surface area contributed by atoms with Crippen LogP contribution < -0.4 is 5.32 Å². The van der Waals surface area contributed by atoms with E-state index in [2.05, 4.69) is 15.4 Å². The van der Waals surface area contributed by atoms with Crippen molar-refractivity contribution in [3.63, 3.8) is 0 Å². The summed E-state index contributed by atoms with van der Waals surface area (Å²) < 4.78 is 1.73. The Morgan fingerprint density at radius 1 is 1.67 bits per heavy atom. The lowest BCUT2D eigenvalue weighted by Gasteiger charge is -2.25. The average molecular weight is 166 g/mol. The van der Waals surface area contributed by atoms with E-state index >= 15 is 0 Å². The Kier molecular flexibility index (Phi) is 2.08. The first-order valence-electron chi connectivity index (χ1n) is 4.42. The van der Waals surface area contributed by atoms with E-state index in [4.69, 9.17) is 0 Å². The summed E-state index contributed by atoms with van der Waals surface area (Å²) >= 11 is 0. The topological polar surface area (TPSA) is 42.7 Å². The van der Waals surface area contributed by atoms with Gasteiger partial charge in [-0.25, -0.2) is 4.98 Å². The minimum Gasteiger partial charge on any atom is -0.307 e. The highest BCUT2D eigenvalue weighted by Crippen LogP contribution is 2.17. The van der Waals surface area contributed by atoms with Gasteiger partial charge in [-0.2, -0.15) is 5.10 Å². The van der Waals surface area contributed by atoms with E-state index in [1.165, 1.54) is 19.3 Å². The molecule has 66 valence electrons. The Morgan fingerprint density at radius 2 is 2.50 bits per heavy atom. The van der Waals surface area contributed by atoms with Crippen molar-refractivity contribution in [1.82, 2.24) is 20.1 Å². The molecule has 0 bridgehead atoms. The lowest BCUT2D eigenvalue weighted by molar-refractivity contribution is 0.335. The molecule has 1 aliphatic carbocycles. The average Bonchev–Trinajstić information content (AvgIpc) is 2.32. The van der Waals surface area contributed by atoms with E-state index in [1.807, 2.05) is 7.05 Å². The maximum Gasteiger partial charge on any atom is 0.164 e. The molecule has 1 aromatic heterocycles. The summed E-state index contributed by atoms with van der Waals surface area (Å²) in [4.78, 5) is 4.14. The molecule has 0 aliphatic heterocycles. The van der Waals surface area contributed by atoms with Crippen molar-refractivity contribution >= 4 is 0 Å². The fourth-order valence-corrected chi connectivity index (χ4v) is 1.31. The zero-order chi connectivity index (χ0) is 8.39. The molecule has 0 atom stereocenters. The highest BCUT2D eigenvalue weighted by atomic mass is 15.3. The van der Waals surface area contributed by atoms with Crippen LogP contribution in [0.2, 0.25) is 0 Å². The first-order chi connectivity index (χ1) is 5.84. The number of rotatable bonds is 3. The molecule has 1 aromatic rings. The molecule has 1 saturated carbocycles. The maximum atomic E-state index is 4.18. The smallest absolute Gasteiger partial charge is 0.164 e. The maximum absolute atomic E-state index is 4.18. The predicted molar refractivity (Wildman–Crippen MR) is 45.5 cm³/mol. The van der Waals surface area contributed by atoms with Crippen molar-refractivity contribution in [2.24, 2.45) is 7.05 Å². The number of aromatic nitrogens is 3. The fourth-order valence-electron chi connectivity index (χ4n) is 1.31. The SMILES string of the molecule is Cn1cnc(CNC2CCC2)n1. The van der Waals surface area contributed by atoms with Crippen LogP contribution in [0.3, 0.4) is 0 Å². The molecule has 2 rings (SSSR count). The van der Waals surface area contributed by atoms with Crippen LogP contribution in [0.1, 0.15) is 25.1 Å². The second-order valence-corrected chi connectivity index (χ2v) is 3.34. The minimum absolute atomic E-state index is 0.716. The van der Waals surface area contributed by atoms with Gasteiger partial charge in [0.05, 0.1) is 6.54 Å². The normalized spacial score (nSPS) is 17.8. The lowest BCUT2D eigenvalue weighted by atomic mass is 9.93. The van der Waals surface area contributed by atoms with Crippen LogP contribution in [0.5, 0.6) is 0 Å². The Bertz CT molecular complexity index is 251. The highest BCUT2D eigenvalue weighted by Gasteiger charge is 2.16. The molecule has 4 heteroatoms. The van der Waals surface area contributed by atoms with Gasteiger partial charge in [-0.1, -0.05) is 6.42 Å². The Morgan fingerprint density at radius 3 is 3.00 bits per heavy atom. The van der Waals surface area contributed by atoms with Crippen molar-refractivity contribution in [3.05, 3.63) is 12.2 Å². The van der Waals surface area contributed by atoms with Crippen LogP contribution >= 0.6 is 0 Å². The van der Waals surface area contributed by atoms with Gasteiger partial charge in [-0.05, 0) is 12.8 Å². The van der Waals surface area contributed by atoms with Gasteiger partial charge < -0.3 is 5.32 Å². The number of nitrogens with one attached hydrogen (secondary N) is 1. The van der Waals surface area contributed by atoms with E-state index in [9.17, 15) is 0 Å². The van der Waals surface area contributed by atoms with E-state index in [1.54, 1.807) is 11.0 Å². The Hall–Kier alpha value is -0.900. The van der Waals surface area contributed by atoms with Crippen LogP contribution in [-0.4, -0.2) is 20.8 Å². The van der Waals surface area contributed by atoms with E-state index in [0.29, 0.717) is 6.04 Å². The van der Waals surface area contributed by atoms with Crippen LogP contribution in [0, 0.1) is 0 Å². The second kappa shape index (κ2) is 3.23. The van der Waals surface area contributed by atoms with E-state index in [-0.39, 0.29) is 0 Å². The molecule has 1 heterocycles. The van der Waals surface area contributed by atoms with Gasteiger partial charge >= 0.3 is 0 Å². The van der Waals surface area contributed by atoms with Crippen LogP contribution in [-0.2, 0) is 13.6 Å². The number of aryl methyl sites for hydroxylation is 1. The molecule has 0 amide bonds. The quantitative estimate of drug-likeness (QED) is 0.709. The molecular formula is C8H14N4. The van der Waals surface area contributed by atoms with Crippen molar-refractivity contribution in [3.8, 4) is 0 Å². The van der Waals surface area contributed by atoms with Crippen LogP contribution in [0.25, 0.3) is 0 Å². The third kappa shape index (κ3) is 1.64. The van der Waals surface area contributed by atoms with Gasteiger partial charge in [0.25, 0.3) is 0 Å². The van der Waals surface area contributed by atoms with Gasteiger partial charge in [0, 0.05) is 13.1 Å². The number of hydrogen-bond acceptors (Lipinski definition) is 3. The van der Waals surface area contributed by atoms with Gasteiger partial charge in [-0.3, -0.25) is 4.68 Å². The largest absolute Gasteiger partial charge is 0.307 e. The molecule has 0 aromatic carbocycles. The predicted octanol–water partition coefficient (Wildman–Crippen LogP) is 0.457. The van der Waals surface area contributed by atoms with Crippen molar-refractivity contribution in [1.29, 1.82) is 0 Å². The lowest BCUT2D eigenvalue weighted by Crippen LogP contribution is -2.34. The van der Waals surface area contributed by atoms with Crippen molar-refractivity contribution in [2.45, 2.75) is 31.8 Å². The molecule has 1 N–H and O–H groups in total. The zero-order valence-corrected chi connectivity index (χ0v) is 7.32. The third-order valence-electron chi connectivity index (χ3n) is 2.30. The van der Waals surface area contributed by atoms with E-state index in [0.717, 1.165) is 12.4 Å². The van der Waals surface area contributed by atoms with Crippen LogP contribution in [0.15, 0.2) is 6.33 Å². The van der Waals surface area contributed by atoms with Gasteiger partial charge in [0.2, 0.25) is 0 Å². The molecule has 4 nitrogen and oxygen atoms in total. The van der Waals surface area contributed by atoms with Crippen LogP contribution in [0.4, 0.5) is 0 Å². The number of hydrogen-bond donors (Lipinski definition) is 1. The molecule has 0 spiro atoms. The fraction of sp³-hybridized carbons (Fsp3) is 0.750. The standard InChI is InChI=1S/C8H14N4/c1-12-6-10-8(11-12)5-9-7-3-2-4-7/h6-7,9H,2-5H2,1H3. The first kappa shape index (κ1) is 7.73. The van der Waals surface area contributed by atoms with Crippen molar-refractivity contribution in [2.75, 3.05) is 0 Å². The minimum atomic E-state index is 0.716. The molecule has 12 heavy (non-hydrogen) atoms. The third-order valence-corrected chi connectivity index (χ3v) is 2.30. The molecule has 0 saturated heterocycles. The molecule has 1 aliphatic rings. The highest BCUT2D eigenvalue weighted by molar-refractivity contribution is 4.84. The second-order valence-electron chi connectivity index (χ2n) is 3.34. The Balaban J connectivity index is 1.79. The summed E-state index contributed by atoms with van der Waals surface area (Å²) in [5.41, 5.74) is 0. The molecule has 1 fully saturated rings. The van der Waals surface area contributed by atoms with Gasteiger partial charge in [-0.15, -0.1) is 0 Å². The van der Waals surface area contributed by atoms with Gasteiger partial charge in [0.1, 0.15) is 6.33 Å². The van der Waals surface area contributed by atoms with E-state index < -0.39 is 0 Å². The molecule has 0 radical (unpaired) electrons. The summed E-state index contributed by atoms with van der Waals surface area (Å²) in [6.07, 6.45) is 5.73. The Labute approximate surface area is 72.0 Å². The summed E-state index contributed by atoms with van der Waals surface area (Å²) in [5.74, 6) is 0.893. The van der Waals surface area contributed by atoms with Crippen molar-refractivity contribution < 1.29 is 0 Å².